The van der Waals surface area contributed by atoms with E-state index in [9.17, 15) is 13.2 Å². The van der Waals surface area contributed by atoms with Crippen molar-refractivity contribution in [2.24, 2.45) is 5.41 Å². The first-order chi connectivity index (χ1) is 8.77. The lowest BCUT2D eigenvalue weighted by Crippen LogP contribution is -2.34. The van der Waals surface area contributed by atoms with Crippen LogP contribution in [0.1, 0.15) is 20.8 Å². The van der Waals surface area contributed by atoms with Crippen LogP contribution in [0.3, 0.4) is 0 Å². The Kier molecular flexibility index (Phi) is 4.62. The van der Waals surface area contributed by atoms with E-state index >= 15 is 0 Å². The van der Waals surface area contributed by atoms with E-state index in [-0.39, 0.29) is 10.6 Å². The van der Waals surface area contributed by atoms with Gasteiger partial charge in [0.1, 0.15) is 15.6 Å². The predicted molar refractivity (Wildman–Crippen MR) is 69.0 cm³/mol. The molecule has 0 heterocycles. The molecule has 0 spiro atoms. The molecule has 0 aromatic heterocycles. The van der Waals surface area contributed by atoms with Gasteiger partial charge in [-0.05, 0) is 12.1 Å². The van der Waals surface area contributed by atoms with E-state index in [1.165, 1.54) is 18.2 Å². The van der Waals surface area contributed by atoms with Crippen molar-refractivity contribution < 1.29 is 17.9 Å². The molecule has 0 aliphatic heterocycles. The lowest BCUT2D eigenvalue weighted by Gasteiger charge is -2.14. The number of nitrogens with zero attached hydrogens (tertiary/aromatic N) is 2. The van der Waals surface area contributed by atoms with Crippen molar-refractivity contribution in [3.63, 3.8) is 0 Å². The summed E-state index contributed by atoms with van der Waals surface area (Å²) in [7, 11) is -2.87. The summed E-state index contributed by atoms with van der Waals surface area (Å²) in [5.74, 6) is -0.874. The molecular weight excluding hydrogens is 268 g/mol. The second-order valence-corrected chi connectivity index (χ2v) is 6.03. The molecule has 7 heteroatoms. The van der Waals surface area contributed by atoms with E-state index < -0.39 is 28.1 Å². The summed E-state index contributed by atoms with van der Waals surface area (Å²) < 4.78 is 27.0. The van der Waals surface area contributed by atoms with Gasteiger partial charge in [0, 0.05) is 0 Å². The van der Waals surface area contributed by atoms with E-state index in [4.69, 9.17) is 10.1 Å². The molecule has 19 heavy (non-hydrogen) atoms. The highest BCUT2D eigenvalue weighted by molar-refractivity contribution is 7.72. The zero-order chi connectivity index (χ0) is 14.6. The van der Waals surface area contributed by atoms with Crippen LogP contribution >= 0.6 is 0 Å². The Hall–Kier alpha value is -1.94. The smallest absolute Gasteiger partial charge is 0.413 e. The standard InChI is InChI=1S/C12H15N2O4S/c1-12(2,3)10(14-13)11(15)18-8-6-4-5-7-9(8)19(16)17/h4-7,10,19H,1-3H3/q+1. The first-order valence-electron chi connectivity index (χ1n) is 5.56. The number of carbonyl (C=O) groups is 1. The lowest BCUT2D eigenvalue weighted by atomic mass is 9.87. The summed E-state index contributed by atoms with van der Waals surface area (Å²) in [6, 6.07) is 4.68. The van der Waals surface area contributed by atoms with Crippen LogP contribution in [0, 0.1) is 10.8 Å². The summed E-state index contributed by atoms with van der Waals surface area (Å²) >= 11 is 0. The number of diazo groups is 1. The topological polar surface area (TPSA) is 88.6 Å². The highest BCUT2D eigenvalue weighted by atomic mass is 32.2. The lowest BCUT2D eigenvalue weighted by molar-refractivity contribution is -0.137. The van der Waals surface area contributed by atoms with Gasteiger partial charge in [0.2, 0.25) is 5.39 Å². The summed E-state index contributed by atoms with van der Waals surface area (Å²) in [6.07, 6.45) is 0. The van der Waals surface area contributed by atoms with Gasteiger partial charge in [-0.3, -0.25) is 0 Å². The number of hydrogen-bond acceptors (Lipinski definition) is 5. The van der Waals surface area contributed by atoms with Crippen molar-refractivity contribution in [2.45, 2.75) is 31.7 Å². The van der Waals surface area contributed by atoms with E-state index in [1.54, 1.807) is 26.8 Å². The number of benzene rings is 1. The highest BCUT2D eigenvalue weighted by Gasteiger charge is 2.45. The summed E-state index contributed by atoms with van der Waals surface area (Å²) in [6.45, 7) is 5.12. The van der Waals surface area contributed by atoms with Crippen molar-refractivity contribution >= 4 is 16.7 Å². The Morgan fingerprint density at radius 3 is 2.37 bits per heavy atom. The minimum Gasteiger partial charge on any atom is -0.419 e. The minimum absolute atomic E-state index is 0.0680. The zero-order valence-corrected chi connectivity index (χ0v) is 11.8. The molecule has 1 atom stereocenters. The van der Waals surface area contributed by atoms with Gasteiger partial charge in [-0.15, -0.1) is 0 Å². The number of para-hydroxylation sites is 1. The fourth-order valence-corrected chi connectivity index (χ4v) is 1.94. The summed E-state index contributed by atoms with van der Waals surface area (Å²) in [5.41, 5.74) is -0.638. The highest BCUT2D eigenvalue weighted by Crippen LogP contribution is 2.26. The van der Waals surface area contributed by atoms with Crippen molar-refractivity contribution in [1.29, 1.82) is 5.39 Å². The third kappa shape index (κ3) is 3.76. The Morgan fingerprint density at radius 2 is 1.89 bits per heavy atom. The monoisotopic (exact) mass is 283 g/mol. The average Bonchev–Trinajstić information content (AvgIpc) is 2.28. The number of rotatable bonds is 3. The molecule has 0 amide bonds. The molecule has 0 fully saturated rings. The van der Waals surface area contributed by atoms with Gasteiger partial charge in [-0.25, -0.2) is 13.2 Å². The van der Waals surface area contributed by atoms with E-state index in [0.29, 0.717) is 0 Å². The molecular formula is C12H15N2O4S+. The Morgan fingerprint density at radius 1 is 1.32 bits per heavy atom. The molecule has 0 N–H and O–H groups in total. The molecule has 0 aliphatic carbocycles. The van der Waals surface area contributed by atoms with Crippen LogP contribution in [0.25, 0.3) is 4.98 Å². The van der Waals surface area contributed by atoms with Gasteiger partial charge >= 0.3 is 12.0 Å². The molecule has 0 saturated carbocycles. The third-order valence-electron chi connectivity index (χ3n) is 2.43. The molecule has 0 radical (unpaired) electrons. The van der Waals surface area contributed by atoms with Gasteiger partial charge in [-0.2, -0.15) is 0 Å². The zero-order valence-electron chi connectivity index (χ0n) is 10.9. The normalized spacial score (nSPS) is 12.8. The molecule has 0 bridgehead atoms. The maximum absolute atomic E-state index is 11.9. The summed E-state index contributed by atoms with van der Waals surface area (Å²) in [4.78, 5) is 14.8. The van der Waals surface area contributed by atoms with Gasteiger partial charge in [0.15, 0.2) is 10.7 Å². The number of thiol groups is 1. The van der Waals surface area contributed by atoms with Crippen LogP contribution in [0.5, 0.6) is 5.75 Å². The molecule has 1 rings (SSSR count). The van der Waals surface area contributed by atoms with Gasteiger partial charge in [0.05, 0.1) is 5.41 Å². The van der Waals surface area contributed by atoms with Crippen LogP contribution in [-0.2, 0) is 15.5 Å². The van der Waals surface area contributed by atoms with Crippen LogP contribution in [0.4, 0.5) is 0 Å². The first kappa shape index (κ1) is 15.1. The van der Waals surface area contributed by atoms with Crippen LogP contribution in [-0.4, -0.2) is 20.4 Å². The molecule has 102 valence electrons. The maximum atomic E-state index is 11.9. The van der Waals surface area contributed by atoms with E-state index in [0.717, 1.165) is 0 Å². The maximum Gasteiger partial charge on any atom is 0.413 e. The Bertz CT molecular complexity index is 588. The van der Waals surface area contributed by atoms with Crippen molar-refractivity contribution in [3.8, 4) is 5.75 Å². The largest absolute Gasteiger partial charge is 0.419 e. The quantitative estimate of drug-likeness (QED) is 0.395. The van der Waals surface area contributed by atoms with Gasteiger partial charge in [0.25, 0.3) is 0 Å². The first-order valence-corrected chi connectivity index (χ1v) is 6.74. The predicted octanol–water partition coefficient (Wildman–Crippen LogP) is 1.83. The average molecular weight is 283 g/mol. The van der Waals surface area contributed by atoms with E-state index in [1.807, 2.05) is 0 Å². The van der Waals surface area contributed by atoms with Crippen molar-refractivity contribution in [1.82, 2.24) is 0 Å². The van der Waals surface area contributed by atoms with Crippen molar-refractivity contribution in [3.05, 3.63) is 29.2 Å². The second kappa shape index (κ2) is 5.80. The summed E-state index contributed by atoms with van der Waals surface area (Å²) in [5, 5.41) is 8.89. The van der Waals surface area contributed by atoms with Crippen LogP contribution in [0.15, 0.2) is 29.2 Å². The fraction of sp³-hybridized carbons (Fsp3) is 0.417. The minimum atomic E-state index is -2.87. The molecule has 0 aliphatic rings. The number of ether oxygens (including phenoxy) is 1. The van der Waals surface area contributed by atoms with E-state index in [2.05, 4.69) is 4.98 Å². The van der Waals surface area contributed by atoms with Gasteiger partial charge < -0.3 is 4.74 Å². The number of hydrogen-bond donors (Lipinski definition) is 1. The number of esters is 1. The second-order valence-electron chi connectivity index (χ2n) is 5.03. The Balaban J connectivity index is 3.04. The third-order valence-corrected chi connectivity index (χ3v) is 3.19. The molecule has 6 nitrogen and oxygen atoms in total. The SMILES string of the molecule is CC(C)(C)C([N+]#N)C(=O)Oc1ccccc1[SH](=O)=O. The fourth-order valence-electron chi connectivity index (χ4n) is 1.43. The molecule has 0 saturated heterocycles. The van der Waals surface area contributed by atoms with Crippen LogP contribution < -0.4 is 4.74 Å². The number of carbonyl (C=O) groups excluding carboxylic acids is 1. The van der Waals surface area contributed by atoms with Crippen LogP contribution in [0.2, 0.25) is 0 Å². The molecule has 1 unspecified atom stereocenters. The van der Waals surface area contributed by atoms with Gasteiger partial charge in [-0.1, -0.05) is 32.9 Å². The Labute approximate surface area is 113 Å². The molecule has 1 aromatic rings. The molecule has 1 aromatic carbocycles. The van der Waals surface area contributed by atoms with Crippen molar-refractivity contribution in [2.75, 3.05) is 0 Å².